The molecule has 0 bridgehead atoms. The van der Waals surface area contributed by atoms with E-state index < -0.39 is 17.7 Å². The number of aliphatic hydroxyl groups is 1. The van der Waals surface area contributed by atoms with Gasteiger partial charge in [0, 0.05) is 5.69 Å². The smallest absolute Gasteiger partial charge is 0.300 e. The summed E-state index contributed by atoms with van der Waals surface area (Å²) in [4.78, 5) is 28.1. The third-order valence-electron chi connectivity index (χ3n) is 6.42. The van der Waals surface area contributed by atoms with Crippen LogP contribution >= 0.6 is 0 Å². The van der Waals surface area contributed by atoms with Crippen LogP contribution in [0.25, 0.3) is 5.76 Å². The fraction of sp³-hybridized carbons (Fsp3) is 0.310. The van der Waals surface area contributed by atoms with Crippen LogP contribution in [0.4, 0.5) is 5.69 Å². The van der Waals surface area contributed by atoms with Crippen LogP contribution in [-0.2, 0) is 15.0 Å². The lowest BCUT2D eigenvalue weighted by atomic mass is 9.85. The van der Waals surface area contributed by atoms with Crippen molar-refractivity contribution < 1.29 is 23.8 Å². The van der Waals surface area contributed by atoms with Gasteiger partial charge in [-0.15, -0.1) is 0 Å². The molecule has 182 valence electrons. The highest BCUT2D eigenvalue weighted by Crippen LogP contribution is 2.44. The van der Waals surface area contributed by atoms with Gasteiger partial charge >= 0.3 is 0 Å². The molecule has 1 unspecified atom stereocenters. The van der Waals surface area contributed by atoms with Crippen molar-refractivity contribution in [2.24, 2.45) is 0 Å². The van der Waals surface area contributed by atoms with Crippen molar-refractivity contribution in [3.05, 3.63) is 88.9 Å². The van der Waals surface area contributed by atoms with Crippen LogP contribution in [0.5, 0.6) is 5.75 Å². The lowest BCUT2D eigenvalue weighted by Gasteiger charge is -2.24. The Bertz CT molecular complexity index is 1280. The number of hydrogen-bond donors (Lipinski definition) is 1. The third-order valence-corrected chi connectivity index (χ3v) is 6.42. The Labute approximate surface area is 205 Å². The molecular weight excluding hydrogens is 442 g/mol. The van der Waals surface area contributed by atoms with Gasteiger partial charge in [0.05, 0.1) is 24.5 Å². The predicted molar refractivity (Wildman–Crippen MR) is 136 cm³/mol. The van der Waals surface area contributed by atoms with Crippen molar-refractivity contribution >= 4 is 23.1 Å². The van der Waals surface area contributed by atoms with E-state index in [-0.39, 0.29) is 16.7 Å². The molecule has 0 radical (unpaired) electrons. The summed E-state index contributed by atoms with van der Waals surface area (Å²) in [5.41, 5.74) is 2.72. The second-order valence-corrected chi connectivity index (χ2v) is 10.1. The predicted octanol–water partition coefficient (Wildman–Crippen LogP) is 6.34. The zero-order valence-electron chi connectivity index (χ0n) is 21.0. The van der Waals surface area contributed by atoms with Crippen LogP contribution in [0.2, 0.25) is 0 Å². The molecule has 1 saturated heterocycles. The fourth-order valence-electron chi connectivity index (χ4n) is 4.34. The molecule has 3 aromatic rings. The summed E-state index contributed by atoms with van der Waals surface area (Å²) >= 11 is 0. The van der Waals surface area contributed by atoms with Crippen LogP contribution in [0.15, 0.2) is 70.9 Å². The van der Waals surface area contributed by atoms with E-state index in [1.54, 1.807) is 24.3 Å². The van der Waals surface area contributed by atoms with Crippen molar-refractivity contribution in [2.45, 2.75) is 52.0 Å². The summed E-state index contributed by atoms with van der Waals surface area (Å²) in [5.74, 6) is -0.695. The monoisotopic (exact) mass is 473 g/mol. The Morgan fingerprint density at radius 3 is 2.29 bits per heavy atom. The normalized spacial score (nSPS) is 17.9. The standard InChI is InChI=1S/C29H31NO5/c1-17(2)18-9-12-20(13-10-18)30-25(23-8-7-15-35-23)24(27(32)28(30)33)26(31)21-16-19(29(3,4)5)11-14-22(21)34-6/h7-17,25,31H,1-6H3/b26-24+. The zero-order chi connectivity index (χ0) is 25.5. The average Bonchev–Trinajstić information content (AvgIpc) is 3.44. The number of ether oxygens (including phenoxy) is 1. The van der Waals surface area contributed by atoms with Crippen LogP contribution < -0.4 is 9.64 Å². The van der Waals surface area contributed by atoms with Gasteiger partial charge in [0.1, 0.15) is 23.3 Å². The number of hydrogen-bond acceptors (Lipinski definition) is 5. The van der Waals surface area contributed by atoms with Gasteiger partial charge in [0.15, 0.2) is 0 Å². The van der Waals surface area contributed by atoms with Gasteiger partial charge in [0.25, 0.3) is 11.7 Å². The molecule has 1 N–H and O–H groups in total. The first-order valence-electron chi connectivity index (χ1n) is 11.7. The molecule has 1 aromatic heterocycles. The summed E-state index contributed by atoms with van der Waals surface area (Å²) in [6.07, 6.45) is 1.48. The molecule has 1 aliphatic heterocycles. The number of Topliss-reactive ketones (excluding diaryl/α,β-unsaturated/α-hetero) is 1. The molecule has 35 heavy (non-hydrogen) atoms. The SMILES string of the molecule is COc1ccc(C(C)(C)C)cc1/C(O)=C1\C(=O)C(=O)N(c2ccc(C(C)C)cc2)C1c1ccco1. The number of carbonyl (C=O) groups excluding carboxylic acids is 2. The molecule has 6 heteroatoms. The van der Waals surface area contributed by atoms with Crippen molar-refractivity contribution in [2.75, 3.05) is 12.0 Å². The molecule has 1 aliphatic rings. The number of carbonyl (C=O) groups is 2. The number of benzene rings is 2. The topological polar surface area (TPSA) is 80.0 Å². The fourth-order valence-corrected chi connectivity index (χ4v) is 4.34. The number of ketones is 1. The Morgan fingerprint density at radius 2 is 1.74 bits per heavy atom. The van der Waals surface area contributed by atoms with Gasteiger partial charge in [-0.05, 0) is 58.9 Å². The quantitative estimate of drug-likeness (QED) is 0.266. The summed E-state index contributed by atoms with van der Waals surface area (Å²) in [7, 11) is 1.50. The number of aliphatic hydroxyl groups excluding tert-OH is 1. The lowest BCUT2D eigenvalue weighted by Crippen LogP contribution is -2.29. The average molecular weight is 474 g/mol. The van der Waals surface area contributed by atoms with Crippen molar-refractivity contribution in [1.82, 2.24) is 0 Å². The van der Waals surface area contributed by atoms with Crippen LogP contribution in [0, 0.1) is 0 Å². The molecule has 0 spiro atoms. The summed E-state index contributed by atoms with van der Waals surface area (Å²) in [6, 6.07) is 15.5. The molecule has 0 aliphatic carbocycles. The lowest BCUT2D eigenvalue weighted by molar-refractivity contribution is -0.132. The number of furan rings is 1. The van der Waals surface area contributed by atoms with Gasteiger partial charge in [-0.25, -0.2) is 0 Å². The Hall–Kier alpha value is -3.80. The highest BCUT2D eigenvalue weighted by atomic mass is 16.5. The number of amides is 1. The number of anilines is 1. The van der Waals surface area contributed by atoms with Crippen LogP contribution in [0.1, 0.15) is 69.0 Å². The highest BCUT2D eigenvalue weighted by Gasteiger charge is 2.48. The molecular formula is C29H31NO5. The minimum atomic E-state index is -0.919. The summed E-state index contributed by atoms with van der Waals surface area (Å²) in [5, 5.41) is 11.5. The minimum absolute atomic E-state index is 0.0396. The van der Waals surface area contributed by atoms with Gasteiger partial charge in [0.2, 0.25) is 0 Å². The van der Waals surface area contributed by atoms with E-state index in [4.69, 9.17) is 9.15 Å². The summed E-state index contributed by atoms with van der Waals surface area (Å²) < 4.78 is 11.2. The van der Waals surface area contributed by atoms with E-state index in [9.17, 15) is 14.7 Å². The van der Waals surface area contributed by atoms with Gasteiger partial charge in [-0.2, -0.15) is 0 Å². The van der Waals surface area contributed by atoms with Crippen molar-refractivity contribution in [3.8, 4) is 5.75 Å². The van der Waals surface area contributed by atoms with Gasteiger partial charge < -0.3 is 14.3 Å². The first-order chi connectivity index (χ1) is 16.5. The Morgan fingerprint density at radius 1 is 1.06 bits per heavy atom. The zero-order valence-corrected chi connectivity index (χ0v) is 21.0. The maximum absolute atomic E-state index is 13.4. The second-order valence-electron chi connectivity index (χ2n) is 10.1. The van der Waals surface area contributed by atoms with Crippen LogP contribution in [-0.4, -0.2) is 23.9 Å². The number of methoxy groups -OCH3 is 1. The van der Waals surface area contributed by atoms with Gasteiger partial charge in [-0.1, -0.05) is 52.8 Å². The first kappa shape index (κ1) is 24.3. The highest BCUT2D eigenvalue weighted by molar-refractivity contribution is 6.51. The van der Waals surface area contributed by atoms with E-state index in [1.807, 2.05) is 30.3 Å². The van der Waals surface area contributed by atoms with E-state index >= 15 is 0 Å². The Kier molecular flexibility index (Phi) is 6.32. The van der Waals surface area contributed by atoms with Crippen molar-refractivity contribution in [1.29, 1.82) is 0 Å². The Balaban J connectivity index is 1.93. The molecule has 1 amide bonds. The van der Waals surface area contributed by atoms with E-state index in [0.29, 0.717) is 28.7 Å². The number of nitrogens with zero attached hydrogens (tertiary/aromatic N) is 1. The summed E-state index contributed by atoms with van der Waals surface area (Å²) in [6.45, 7) is 10.3. The minimum Gasteiger partial charge on any atom is -0.507 e. The molecule has 0 saturated carbocycles. The molecule has 6 nitrogen and oxygen atoms in total. The molecule has 2 heterocycles. The molecule has 1 fully saturated rings. The van der Waals surface area contributed by atoms with Gasteiger partial charge in [-0.3, -0.25) is 14.5 Å². The van der Waals surface area contributed by atoms with Crippen LogP contribution in [0.3, 0.4) is 0 Å². The third kappa shape index (κ3) is 4.36. The molecule has 2 aromatic carbocycles. The maximum Gasteiger partial charge on any atom is 0.300 e. The number of rotatable bonds is 5. The first-order valence-corrected chi connectivity index (χ1v) is 11.7. The molecule has 4 rings (SSSR count). The van der Waals surface area contributed by atoms with E-state index in [0.717, 1.165) is 11.1 Å². The van der Waals surface area contributed by atoms with E-state index in [2.05, 4.69) is 34.6 Å². The largest absolute Gasteiger partial charge is 0.507 e. The molecule has 1 atom stereocenters. The maximum atomic E-state index is 13.4. The van der Waals surface area contributed by atoms with E-state index in [1.165, 1.54) is 18.3 Å². The van der Waals surface area contributed by atoms with Crippen molar-refractivity contribution in [3.63, 3.8) is 0 Å². The second kappa shape index (κ2) is 9.10.